The van der Waals surface area contributed by atoms with Crippen LogP contribution in [-0.2, 0) is 17.6 Å². The zero-order chi connectivity index (χ0) is 15.0. The quantitative estimate of drug-likeness (QED) is 0.855. The Hall–Kier alpha value is -2.24. The highest BCUT2D eigenvalue weighted by atomic mass is 19.1. The van der Waals surface area contributed by atoms with Gasteiger partial charge in [-0.1, -0.05) is 5.16 Å². The van der Waals surface area contributed by atoms with E-state index in [1.54, 1.807) is 13.0 Å². The molecule has 1 aromatic heterocycles. The maximum atomic E-state index is 14.0. The summed E-state index contributed by atoms with van der Waals surface area (Å²) in [6.07, 6.45) is 1.05. The number of fused-ring (bicyclic) bond motifs is 1. The van der Waals surface area contributed by atoms with Gasteiger partial charge in [-0.25, -0.2) is 8.78 Å². The van der Waals surface area contributed by atoms with Crippen molar-refractivity contribution in [2.45, 2.75) is 26.2 Å². The maximum absolute atomic E-state index is 14.0. The van der Waals surface area contributed by atoms with Gasteiger partial charge in [-0.2, -0.15) is 0 Å². The predicted octanol–water partition coefficient (Wildman–Crippen LogP) is 2.78. The minimum atomic E-state index is -0.573. The Labute approximate surface area is 120 Å². The summed E-state index contributed by atoms with van der Waals surface area (Å²) in [5.41, 5.74) is 0.818. The van der Waals surface area contributed by atoms with E-state index in [0.29, 0.717) is 30.8 Å². The van der Waals surface area contributed by atoms with Crippen LogP contribution in [0.1, 0.15) is 23.4 Å². The third-order valence-electron chi connectivity index (χ3n) is 3.56. The van der Waals surface area contributed by atoms with Crippen LogP contribution in [0.15, 0.2) is 22.7 Å². The highest BCUT2D eigenvalue weighted by Crippen LogP contribution is 2.32. The molecule has 21 heavy (non-hydrogen) atoms. The highest BCUT2D eigenvalue weighted by molar-refractivity contribution is 5.95. The molecule has 0 saturated heterocycles. The lowest BCUT2D eigenvalue weighted by atomic mass is 10.00. The Kier molecular flexibility index (Phi) is 3.45. The summed E-state index contributed by atoms with van der Waals surface area (Å²) >= 11 is 0. The number of hydrogen-bond acceptors (Lipinski definition) is 3. The molecule has 0 aliphatic carbocycles. The fraction of sp³-hybridized carbons (Fsp3) is 0.333. The van der Waals surface area contributed by atoms with Crippen LogP contribution in [-0.4, -0.2) is 17.6 Å². The molecule has 4 nitrogen and oxygen atoms in total. The van der Waals surface area contributed by atoms with Gasteiger partial charge in [0.15, 0.2) is 0 Å². The first-order chi connectivity index (χ1) is 10.1. The lowest BCUT2D eigenvalue weighted by molar-refractivity contribution is -0.118. The summed E-state index contributed by atoms with van der Waals surface area (Å²) in [6.45, 7) is 2.11. The van der Waals surface area contributed by atoms with Crippen LogP contribution in [0, 0.1) is 18.6 Å². The lowest BCUT2D eigenvalue weighted by Gasteiger charge is -2.29. The van der Waals surface area contributed by atoms with Crippen LogP contribution in [0.4, 0.5) is 14.5 Å². The highest BCUT2D eigenvalue weighted by Gasteiger charge is 2.28. The first kappa shape index (κ1) is 13.7. The number of rotatable bonds is 2. The monoisotopic (exact) mass is 292 g/mol. The van der Waals surface area contributed by atoms with E-state index in [-0.39, 0.29) is 23.6 Å². The first-order valence-electron chi connectivity index (χ1n) is 6.75. The molecular formula is C15H14F2N2O2. The molecule has 0 unspecified atom stereocenters. The number of hydrogen-bond donors (Lipinski definition) is 0. The van der Waals surface area contributed by atoms with Gasteiger partial charge in [0.05, 0.1) is 17.8 Å². The Morgan fingerprint density at radius 2 is 2.14 bits per heavy atom. The number of anilines is 1. The molecule has 0 bridgehead atoms. The van der Waals surface area contributed by atoms with Crippen molar-refractivity contribution in [2.75, 3.05) is 11.4 Å². The van der Waals surface area contributed by atoms with Crippen LogP contribution in [0.5, 0.6) is 0 Å². The molecular weight excluding hydrogens is 278 g/mol. The maximum Gasteiger partial charge on any atom is 0.233 e. The molecule has 2 heterocycles. The van der Waals surface area contributed by atoms with Crippen molar-refractivity contribution in [3.8, 4) is 0 Å². The molecule has 0 atom stereocenters. The average Bonchev–Trinajstić information content (AvgIpc) is 2.87. The topological polar surface area (TPSA) is 46.3 Å². The van der Waals surface area contributed by atoms with E-state index in [9.17, 15) is 13.6 Å². The Bertz CT molecular complexity index is 697. The minimum absolute atomic E-state index is 0.00668. The van der Waals surface area contributed by atoms with Gasteiger partial charge in [-0.05, 0) is 31.9 Å². The number of nitrogens with zero attached hydrogens (tertiary/aromatic N) is 2. The third kappa shape index (κ3) is 2.53. The molecule has 1 aliphatic rings. The van der Waals surface area contributed by atoms with Gasteiger partial charge in [-0.15, -0.1) is 0 Å². The fourth-order valence-electron chi connectivity index (χ4n) is 2.64. The molecule has 1 aromatic carbocycles. The van der Waals surface area contributed by atoms with E-state index < -0.39 is 11.6 Å². The SMILES string of the molecule is Cc1cc(CC(=O)N2CCCc3c(F)ccc(F)c32)no1. The van der Waals surface area contributed by atoms with Gasteiger partial charge < -0.3 is 9.42 Å². The molecule has 1 amide bonds. The van der Waals surface area contributed by atoms with Crippen LogP contribution >= 0.6 is 0 Å². The molecule has 0 N–H and O–H groups in total. The summed E-state index contributed by atoms with van der Waals surface area (Å²) in [5.74, 6) is -0.750. The van der Waals surface area contributed by atoms with Gasteiger partial charge in [0.25, 0.3) is 0 Å². The van der Waals surface area contributed by atoms with Crippen molar-refractivity contribution < 1.29 is 18.1 Å². The Morgan fingerprint density at radius 1 is 1.38 bits per heavy atom. The van der Waals surface area contributed by atoms with Crippen molar-refractivity contribution in [1.29, 1.82) is 0 Å². The van der Waals surface area contributed by atoms with Crippen molar-refractivity contribution in [3.63, 3.8) is 0 Å². The van der Waals surface area contributed by atoms with Crippen LogP contribution in [0.25, 0.3) is 0 Å². The summed E-state index contributed by atoms with van der Waals surface area (Å²) in [5, 5.41) is 3.76. The van der Waals surface area contributed by atoms with E-state index in [2.05, 4.69) is 5.16 Å². The van der Waals surface area contributed by atoms with Gasteiger partial charge >= 0.3 is 0 Å². The van der Waals surface area contributed by atoms with Crippen molar-refractivity contribution >= 4 is 11.6 Å². The summed E-state index contributed by atoms with van der Waals surface area (Å²) in [4.78, 5) is 13.7. The number of carbonyl (C=O) groups is 1. The van der Waals surface area contributed by atoms with E-state index in [1.807, 2.05) is 0 Å². The van der Waals surface area contributed by atoms with E-state index in [1.165, 1.54) is 4.90 Å². The number of halogens is 2. The second kappa shape index (κ2) is 5.27. The van der Waals surface area contributed by atoms with Crippen LogP contribution < -0.4 is 4.90 Å². The predicted molar refractivity (Wildman–Crippen MR) is 72.0 cm³/mol. The van der Waals surface area contributed by atoms with E-state index in [4.69, 9.17) is 4.52 Å². The molecule has 0 saturated carbocycles. The molecule has 110 valence electrons. The summed E-state index contributed by atoms with van der Waals surface area (Å²) in [6, 6.07) is 3.81. The number of amides is 1. The second-order valence-electron chi connectivity index (χ2n) is 5.11. The van der Waals surface area contributed by atoms with Crippen molar-refractivity contribution in [2.24, 2.45) is 0 Å². The second-order valence-corrected chi connectivity index (χ2v) is 5.11. The van der Waals surface area contributed by atoms with Gasteiger partial charge in [0.1, 0.15) is 17.4 Å². The Balaban J connectivity index is 1.91. The van der Waals surface area contributed by atoms with E-state index in [0.717, 1.165) is 12.1 Å². The average molecular weight is 292 g/mol. The molecule has 0 fully saturated rings. The largest absolute Gasteiger partial charge is 0.361 e. The van der Waals surface area contributed by atoms with Gasteiger partial charge in [0.2, 0.25) is 5.91 Å². The zero-order valence-corrected chi connectivity index (χ0v) is 11.5. The van der Waals surface area contributed by atoms with E-state index >= 15 is 0 Å². The smallest absolute Gasteiger partial charge is 0.233 e. The Morgan fingerprint density at radius 3 is 2.86 bits per heavy atom. The number of benzene rings is 1. The van der Waals surface area contributed by atoms with Crippen molar-refractivity contribution in [3.05, 3.63) is 46.9 Å². The normalized spacial score (nSPS) is 14.1. The van der Waals surface area contributed by atoms with Gasteiger partial charge in [-0.3, -0.25) is 4.79 Å². The summed E-state index contributed by atoms with van der Waals surface area (Å²) in [7, 11) is 0. The first-order valence-corrected chi connectivity index (χ1v) is 6.75. The molecule has 2 aromatic rings. The third-order valence-corrected chi connectivity index (χ3v) is 3.56. The van der Waals surface area contributed by atoms with Crippen LogP contribution in [0.3, 0.4) is 0 Å². The standard InChI is InChI=1S/C15H14F2N2O2/c1-9-7-10(18-21-9)8-14(20)19-6-2-3-11-12(16)4-5-13(17)15(11)19/h4-5,7H,2-3,6,8H2,1H3. The molecule has 0 radical (unpaired) electrons. The number of aromatic nitrogens is 1. The molecule has 6 heteroatoms. The molecule has 1 aliphatic heterocycles. The number of carbonyl (C=O) groups excluding carboxylic acids is 1. The molecule has 0 spiro atoms. The summed E-state index contributed by atoms with van der Waals surface area (Å²) < 4.78 is 32.7. The zero-order valence-electron chi connectivity index (χ0n) is 11.5. The lowest BCUT2D eigenvalue weighted by Crippen LogP contribution is -2.37. The minimum Gasteiger partial charge on any atom is -0.361 e. The molecule has 3 rings (SSSR count). The van der Waals surface area contributed by atoms with Gasteiger partial charge in [0, 0.05) is 18.2 Å². The fourth-order valence-corrected chi connectivity index (χ4v) is 2.64. The van der Waals surface area contributed by atoms with Crippen molar-refractivity contribution in [1.82, 2.24) is 5.16 Å². The van der Waals surface area contributed by atoms with Crippen LogP contribution in [0.2, 0.25) is 0 Å². The number of aryl methyl sites for hydroxylation is 1.